The number of hydrogen-bond acceptors (Lipinski definition) is 5. The van der Waals surface area contributed by atoms with E-state index in [-0.39, 0.29) is 17.9 Å². The molecule has 0 atom stereocenters. The SMILES string of the molecule is CN(C)c1cc(C(=O)O)c2cnn(-c3ccc(F)cc3)c2c1.Cc1ccc(CNS(N)(=O)=O)cc1. The van der Waals surface area contributed by atoms with E-state index >= 15 is 0 Å². The maximum absolute atomic E-state index is 13.1. The lowest BCUT2D eigenvalue weighted by molar-refractivity contribution is 0.0699. The third-order valence-corrected chi connectivity index (χ3v) is 5.64. The summed E-state index contributed by atoms with van der Waals surface area (Å²) in [5, 5.41) is 19.0. The van der Waals surface area contributed by atoms with E-state index in [9.17, 15) is 22.7 Å². The van der Waals surface area contributed by atoms with Gasteiger partial charge in [-0.05, 0) is 48.9 Å². The molecular formula is C24H26FN5O4S. The van der Waals surface area contributed by atoms with Gasteiger partial charge >= 0.3 is 5.97 Å². The number of anilines is 1. The van der Waals surface area contributed by atoms with Gasteiger partial charge < -0.3 is 10.0 Å². The number of fused-ring (bicyclic) bond motifs is 1. The fraction of sp³-hybridized carbons (Fsp3) is 0.167. The van der Waals surface area contributed by atoms with Gasteiger partial charge in [0.2, 0.25) is 0 Å². The molecular weight excluding hydrogens is 473 g/mol. The molecule has 1 aromatic heterocycles. The van der Waals surface area contributed by atoms with Crippen molar-refractivity contribution in [1.82, 2.24) is 14.5 Å². The number of nitrogens with one attached hydrogen (secondary N) is 1. The van der Waals surface area contributed by atoms with Crippen molar-refractivity contribution >= 4 is 32.8 Å². The normalized spacial score (nSPS) is 11.1. The monoisotopic (exact) mass is 499 g/mol. The zero-order valence-corrected chi connectivity index (χ0v) is 20.3. The van der Waals surface area contributed by atoms with Crippen LogP contribution >= 0.6 is 0 Å². The topological polar surface area (TPSA) is 131 Å². The Balaban J connectivity index is 0.000000225. The number of nitrogens with zero attached hydrogens (tertiary/aromatic N) is 3. The van der Waals surface area contributed by atoms with E-state index in [0.29, 0.717) is 16.6 Å². The summed E-state index contributed by atoms with van der Waals surface area (Å²) in [5.74, 6) is -1.34. The van der Waals surface area contributed by atoms with Crippen molar-refractivity contribution in [3.8, 4) is 5.69 Å². The van der Waals surface area contributed by atoms with E-state index in [1.807, 2.05) is 56.3 Å². The number of halogens is 1. The van der Waals surface area contributed by atoms with Crippen LogP contribution in [0.15, 0.2) is 66.9 Å². The zero-order valence-electron chi connectivity index (χ0n) is 19.4. The van der Waals surface area contributed by atoms with Crippen molar-refractivity contribution in [2.24, 2.45) is 5.14 Å². The van der Waals surface area contributed by atoms with E-state index in [4.69, 9.17) is 5.14 Å². The number of carboxylic acid groups (broad SMARTS) is 1. The highest BCUT2D eigenvalue weighted by Gasteiger charge is 2.16. The third kappa shape index (κ3) is 6.85. The Bertz CT molecular complexity index is 1430. The maximum atomic E-state index is 13.1. The van der Waals surface area contributed by atoms with E-state index in [0.717, 1.165) is 16.8 Å². The maximum Gasteiger partial charge on any atom is 0.336 e. The van der Waals surface area contributed by atoms with Crippen LogP contribution in [0.4, 0.5) is 10.1 Å². The van der Waals surface area contributed by atoms with Gasteiger partial charge in [-0.1, -0.05) is 29.8 Å². The average Bonchev–Trinajstić information content (AvgIpc) is 3.22. The van der Waals surface area contributed by atoms with Gasteiger partial charge in [0.1, 0.15) is 5.82 Å². The number of aromatic nitrogens is 2. The van der Waals surface area contributed by atoms with Gasteiger partial charge in [0, 0.05) is 31.7 Å². The van der Waals surface area contributed by atoms with Gasteiger partial charge in [-0.2, -0.15) is 18.2 Å². The zero-order chi connectivity index (χ0) is 25.8. The van der Waals surface area contributed by atoms with E-state index < -0.39 is 16.2 Å². The van der Waals surface area contributed by atoms with Crippen LogP contribution in [0.2, 0.25) is 0 Å². The van der Waals surface area contributed by atoms with E-state index in [2.05, 4.69) is 9.82 Å². The third-order valence-electron chi connectivity index (χ3n) is 5.09. The van der Waals surface area contributed by atoms with Crippen LogP contribution < -0.4 is 14.8 Å². The minimum atomic E-state index is -3.58. The summed E-state index contributed by atoms with van der Waals surface area (Å²) in [6.45, 7) is 2.20. The number of nitrogens with two attached hydrogens (primary N) is 1. The lowest BCUT2D eigenvalue weighted by Gasteiger charge is -2.14. The summed E-state index contributed by atoms with van der Waals surface area (Å²) in [6.07, 6.45) is 1.52. The fourth-order valence-electron chi connectivity index (χ4n) is 3.22. The Labute approximate surface area is 202 Å². The molecule has 0 bridgehead atoms. The van der Waals surface area contributed by atoms with Crippen molar-refractivity contribution in [3.05, 3.63) is 89.4 Å². The second-order valence-corrected chi connectivity index (χ2v) is 9.39. The molecule has 0 unspecified atom stereocenters. The first-order valence-corrected chi connectivity index (χ1v) is 12.0. The first kappa shape index (κ1) is 25.8. The number of aromatic carboxylic acids is 1. The highest BCUT2D eigenvalue weighted by molar-refractivity contribution is 7.87. The van der Waals surface area contributed by atoms with Crippen LogP contribution in [-0.2, 0) is 16.8 Å². The molecule has 4 N–H and O–H groups in total. The highest BCUT2D eigenvalue weighted by Crippen LogP contribution is 2.27. The Morgan fingerprint density at radius 1 is 1.11 bits per heavy atom. The van der Waals surface area contributed by atoms with Gasteiger partial charge in [0.05, 0.1) is 23.0 Å². The summed E-state index contributed by atoms with van der Waals surface area (Å²) < 4.78 is 38.0. The second kappa shape index (κ2) is 10.6. The number of carboxylic acids is 1. The van der Waals surface area contributed by atoms with Gasteiger partial charge in [0.15, 0.2) is 0 Å². The van der Waals surface area contributed by atoms with Gasteiger partial charge in [-0.3, -0.25) is 0 Å². The molecule has 4 aromatic rings. The Hall–Kier alpha value is -3.80. The minimum Gasteiger partial charge on any atom is -0.478 e. The molecule has 0 aliphatic heterocycles. The lowest BCUT2D eigenvalue weighted by Crippen LogP contribution is -2.30. The number of hydrogen-bond donors (Lipinski definition) is 3. The summed E-state index contributed by atoms with van der Waals surface area (Å²) in [4.78, 5) is 13.3. The molecule has 4 rings (SSSR count). The van der Waals surface area contributed by atoms with Crippen molar-refractivity contribution < 1.29 is 22.7 Å². The Morgan fingerprint density at radius 3 is 2.29 bits per heavy atom. The Kier molecular flexibility index (Phi) is 7.85. The summed E-state index contributed by atoms with van der Waals surface area (Å²) in [7, 11) is 0.0949. The number of benzene rings is 3. The number of rotatable bonds is 6. The van der Waals surface area contributed by atoms with Crippen LogP contribution in [0.5, 0.6) is 0 Å². The standard InChI is InChI=1S/C16H14FN3O2.C8H12N2O2S/c1-19(2)12-7-13(16(21)22)14-9-18-20(15(14)8-12)11-5-3-10(17)4-6-11;1-7-2-4-8(5-3-7)6-10-13(9,11)12/h3-9H,1-2H3,(H,21,22);2-5,10H,6H2,1H3,(H2,9,11,12). The molecule has 9 nitrogen and oxygen atoms in total. The van der Waals surface area contributed by atoms with Crippen molar-refractivity contribution in [2.45, 2.75) is 13.5 Å². The molecule has 0 radical (unpaired) electrons. The van der Waals surface area contributed by atoms with Gasteiger partial charge in [-0.15, -0.1) is 0 Å². The highest BCUT2D eigenvalue weighted by atomic mass is 32.2. The first-order chi connectivity index (χ1) is 16.4. The second-order valence-electron chi connectivity index (χ2n) is 8.01. The largest absolute Gasteiger partial charge is 0.478 e. The van der Waals surface area contributed by atoms with Crippen molar-refractivity contribution in [3.63, 3.8) is 0 Å². The molecule has 0 saturated heterocycles. The predicted molar refractivity (Wildman–Crippen MR) is 133 cm³/mol. The molecule has 0 fully saturated rings. The summed E-state index contributed by atoms with van der Waals surface area (Å²) in [5.41, 5.74) is 4.31. The fourth-order valence-corrected chi connectivity index (χ4v) is 3.59. The van der Waals surface area contributed by atoms with Gasteiger partial charge in [-0.25, -0.2) is 19.0 Å². The molecule has 0 amide bonds. The molecule has 11 heteroatoms. The summed E-state index contributed by atoms with van der Waals surface area (Å²) >= 11 is 0. The smallest absolute Gasteiger partial charge is 0.336 e. The molecule has 0 aliphatic carbocycles. The minimum absolute atomic E-state index is 0.189. The first-order valence-electron chi connectivity index (χ1n) is 10.5. The molecule has 1 heterocycles. The quantitative estimate of drug-likeness (QED) is 0.373. The van der Waals surface area contributed by atoms with Crippen LogP contribution in [0, 0.1) is 12.7 Å². The van der Waals surface area contributed by atoms with E-state index in [1.165, 1.54) is 18.3 Å². The lowest BCUT2D eigenvalue weighted by atomic mass is 10.1. The van der Waals surface area contributed by atoms with E-state index in [1.54, 1.807) is 22.9 Å². The average molecular weight is 500 g/mol. The molecule has 35 heavy (non-hydrogen) atoms. The number of aryl methyl sites for hydroxylation is 1. The number of carbonyl (C=O) groups is 1. The molecule has 184 valence electrons. The molecule has 0 aliphatic rings. The van der Waals surface area contributed by atoms with Crippen LogP contribution in [-0.4, -0.2) is 43.4 Å². The molecule has 3 aromatic carbocycles. The van der Waals surface area contributed by atoms with Crippen molar-refractivity contribution in [1.29, 1.82) is 0 Å². The molecule has 0 saturated carbocycles. The summed E-state index contributed by atoms with van der Waals surface area (Å²) in [6, 6.07) is 16.9. The van der Waals surface area contributed by atoms with Crippen LogP contribution in [0.3, 0.4) is 0 Å². The van der Waals surface area contributed by atoms with Crippen molar-refractivity contribution in [2.75, 3.05) is 19.0 Å². The Morgan fingerprint density at radius 2 is 1.74 bits per heavy atom. The van der Waals surface area contributed by atoms with Crippen LogP contribution in [0.25, 0.3) is 16.6 Å². The van der Waals surface area contributed by atoms with Gasteiger partial charge in [0.25, 0.3) is 10.2 Å². The van der Waals surface area contributed by atoms with Crippen LogP contribution in [0.1, 0.15) is 21.5 Å². The molecule has 0 spiro atoms. The predicted octanol–water partition coefficient (Wildman–Crippen LogP) is 3.22.